The van der Waals surface area contributed by atoms with Crippen LogP contribution in [0.3, 0.4) is 0 Å². The Labute approximate surface area is 99.1 Å². The van der Waals surface area contributed by atoms with E-state index in [9.17, 15) is 0 Å². The molecule has 0 aliphatic heterocycles. The van der Waals surface area contributed by atoms with E-state index in [1.807, 2.05) is 0 Å². The van der Waals surface area contributed by atoms with Crippen molar-refractivity contribution in [1.29, 1.82) is 0 Å². The quantitative estimate of drug-likeness (QED) is 0.379. The maximum absolute atomic E-state index is 4.38. The Bertz CT molecular complexity index is 35.9. The summed E-state index contributed by atoms with van der Waals surface area (Å²) < 4.78 is 0. The molecule has 43 valence electrons. The second kappa shape index (κ2) is 34.7. The molecule has 0 saturated heterocycles. The molecule has 7 heavy (non-hydrogen) atoms. The third-order valence-corrected chi connectivity index (χ3v) is 0. The fraction of sp³-hybridized carbons (Fsp3) is 0. The molecular formula is CuInPS3W. The summed E-state index contributed by atoms with van der Waals surface area (Å²) in [5.74, 6) is 0. The normalized spacial score (nSPS) is 1.71. The van der Waals surface area contributed by atoms with Crippen molar-refractivity contribution in [2.75, 3.05) is 0 Å². The first kappa shape index (κ1) is 31.7. The Hall–Kier alpha value is 3.30. The van der Waals surface area contributed by atoms with E-state index in [0.29, 0.717) is 0 Å². The van der Waals surface area contributed by atoms with Crippen molar-refractivity contribution in [3.63, 3.8) is 0 Å². The summed E-state index contributed by atoms with van der Waals surface area (Å²) in [6, 6.07) is 0. The number of hydrogen-bond acceptors (Lipinski definition) is 2. The molecule has 0 nitrogen and oxygen atoms in total. The number of hydrogen-bond donors (Lipinski definition) is 0. The molecule has 0 fully saturated rings. The van der Waals surface area contributed by atoms with Gasteiger partial charge in [-0.15, -0.1) is 0 Å². The van der Waals surface area contributed by atoms with E-state index in [1.54, 1.807) is 0 Å². The van der Waals surface area contributed by atoms with Gasteiger partial charge in [-0.25, -0.2) is 0 Å². The van der Waals surface area contributed by atoms with Crippen LogP contribution in [0.25, 0.3) is 0 Å². The van der Waals surface area contributed by atoms with Crippen molar-refractivity contribution in [3.05, 3.63) is 0 Å². The Morgan fingerprint density at radius 3 is 1.14 bits per heavy atom. The van der Waals surface area contributed by atoms with Crippen LogP contribution in [0, 0.1) is 0 Å². The molecule has 0 aromatic carbocycles. The Morgan fingerprint density at radius 2 is 1.14 bits per heavy atom. The van der Waals surface area contributed by atoms with Crippen molar-refractivity contribution in [2.24, 2.45) is 0 Å². The third-order valence-electron chi connectivity index (χ3n) is 0. The van der Waals surface area contributed by atoms with Crippen LogP contribution < -0.4 is 0 Å². The Morgan fingerprint density at radius 1 is 1.14 bits per heavy atom. The van der Waals surface area contributed by atoms with E-state index in [0.717, 1.165) is 0 Å². The predicted molar refractivity (Wildman–Crippen MR) is 35.4 cm³/mol. The first-order chi connectivity index (χ1) is 1.41. The van der Waals surface area contributed by atoms with E-state index >= 15 is 0 Å². The van der Waals surface area contributed by atoms with Gasteiger partial charge in [0.15, 0.2) is 0 Å². The van der Waals surface area contributed by atoms with Crippen LogP contribution in [0.15, 0.2) is 0 Å². The zero-order valence-corrected chi connectivity index (χ0v) is 13.5. The summed E-state index contributed by atoms with van der Waals surface area (Å²) in [5, 5.41) is 0. The van der Waals surface area contributed by atoms with Gasteiger partial charge in [-0.2, -0.15) is 0 Å². The average molecular weight is 489 g/mol. The van der Waals surface area contributed by atoms with E-state index in [1.165, 1.54) is 0 Å². The summed E-state index contributed by atoms with van der Waals surface area (Å²) in [6.07, 6.45) is 0. The molecule has 0 heterocycles. The van der Waals surface area contributed by atoms with Crippen LogP contribution in [-0.4, -0.2) is 25.8 Å². The molecule has 7 heteroatoms. The molecule has 0 aliphatic carbocycles. The van der Waals surface area contributed by atoms with Crippen LogP contribution in [0.5, 0.6) is 0 Å². The number of rotatable bonds is 0. The molecule has 0 aromatic heterocycles. The van der Waals surface area contributed by atoms with Gasteiger partial charge in [-0.05, 0) is 0 Å². The van der Waals surface area contributed by atoms with Crippen LogP contribution >= 0.6 is 43.0 Å². The van der Waals surface area contributed by atoms with E-state index in [2.05, 4.69) is 19.6 Å². The molecule has 0 spiro atoms. The summed E-state index contributed by atoms with van der Waals surface area (Å²) in [4.78, 5) is 0. The topological polar surface area (TPSA) is 0 Å². The average Bonchev–Trinajstić information content (AvgIpc) is 0.918. The van der Waals surface area contributed by atoms with Gasteiger partial charge in [-0.3, -0.25) is 0 Å². The monoisotopic (exact) mass is 489 g/mol. The van der Waals surface area contributed by atoms with Gasteiger partial charge in [0.05, 0.1) is 0 Å². The zero-order chi connectivity index (χ0) is 2.71. The Balaban J connectivity index is -0.00000000333. The minimum absolute atomic E-state index is 0. The maximum atomic E-state index is 4.38. The second-order valence-electron chi connectivity index (χ2n) is 0.0680. The summed E-state index contributed by atoms with van der Waals surface area (Å²) in [5.41, 5.74) is 0. The molecule has 0 rings (SSSR count). The molecule has 0 atom stereocenters. The molecule has 0 N–H and O–H groups in total. The predicted octanol–water partition coefficient (Wildman–Crippen LogP) is 2.42. The van der Waals surface area contributed by atoms with E-state index in [4.69, 9.17) is 0 Å². The van der Waals surface area contributed by atoms with Gasteiger partial charge in [0, 0.05) is 66.3 Å². The van der Waals surface area contributed by atoms with Gasteiger partial charge in [0.25, 0.3) is 0 Å². The summed E-state index contributed by atoms with van der Waals surface area (Å²) in [7, 11) is 8.75. The first-order valence-electron chi connectivity index (χ1n) is 0.333. The molecule has 0 aliphatic rings. The van der Waals surface area contributed by atoms with Gasteiger partial charge in [0.2, 0.25) is 0 Å². The molecule has 0 bridgehead atoms. The van der Waals surface area contributed by atoms with Crippen molar-refractivity contribution < 1.29 is 32.0 Å². The van der Waals surface area contributed by atoms with Gasteiger partial charge in [0.1, 0.15) is 0 Å². The molecule has 0 aromatic rings. The summed E-state index contributed by atoms with van der Waals surface area (Å²) in [6.45, 7) is 0. The van der Waals surface area contributed by atoms with Crippen LogP contribution in [-0.2, 0) is 32.0 Å². The van der Waals surface area contributed by atoms with Crippen LogP contribution in [0.4, 0.5) is 0 Å². The molecule has 9 radical (unpaired) electrons. The van der Waals surface area contributed by atoms with Crippen molar-refractivity contribution in [3.8, 4) is 0 Å². The van der Waals surface area contributed by atoms with Crippen molar-refractivity contribution in [1.82, 2.24) is 0 Å². The fourth-order valence-corrected chi connectivity index (χ4v) is 0. The standard InChI is InChI=1S/Cu.In.P.3S.W. The van der Waals surface area contributed by atoms with Gasteiger partial charge < -0.3 is 0 Å². The van der Waals surface area contributed by atoms with Gasteiger partial charge >= 0.3 is 34.6 Å². The second-order valence-corrected chi connectivity index (χ2v) is 5.01. The fourth-order valence-electron chi connectivity index (χ4n) is 0. The van der Waals surface area contributed by atoms with Crippen molar-refractivity contribution >= 4 is 68.9 Å². The molecule has 0 unspecified atom stereocenters. The zero-order valence-electron chi connectivity index (χ0n) is 2.96. The van der Waals surface area contributed by atoms with Crippen LogP contribution in [0.1, 0.15) is 0 Å². The first-order valence-corrected chi connectivity index (χ1v) is 8.19. The minimum atomic E-state index is -0.583. The van der Waals surface area contributed by atoms with E-state index in [-0.39, 0.29) is 66.3 Å². The molecule has 0 amide bonds. The van der Waals surface area contributed by atoms with E-state index < -0.39 is 14.9 Å². The van der Waals surface area contributed by atoms with Gasteiger partial charge in [-0.1, -0.05) is 0 Å². The third kappa shape index (κ3) is 45.5. The van der Waals surface area contributed by atoms with Crippen LogP contribution in [0.2, 0.25) is 0 Å². The Kier molecular flexibility index (Phi) is 157. The summed E-state index contributed by atoms with van der Waals surface area (Å²) >= 11 is -0.583. The SMILES string of the molecule is [Cu].[In].[P].[S].[S]=[W]=[S]. The van der Waals surface area contributed by atoms with Crippen molar-refractivity contribution in [2.45, 2.75) is 0 Å². The molecule has 0 saturated carbocycles. The molecular weight excluding hydrogens is 489 g/mol.